The van der Waals surface area contributed by atoms with Crippen LogP contribution in [0.2, 0.25) is 0 Å². The molecular formula is C14H28N2O. The highest BCUT2D eigenvalue weighted by molar-refractivity contribution is 5.75. The van der Waals surface area contributed by atoms with Crippen LogP contribution in [0.15, 0.2) is 0 Å². The predicted molar refractivity (Wildman–Crippen MR) is 72.0 cm³/mol. The van der Waals surface area contributed by atoms with Gasteiger partial charge < -0.3 is 10.6 Å². The molecule has 1 amide bonds. The first-order valence-corrected chi connectivity index (χ1v) is 7.24. The molecule has 3 nitrogen and oxygen atoms in total. The van der Waals surface area contributed by atoms with Gasteiger partial charge in [0.25, 0.3) is 0 Å². The van der Waals surface area contributed by atoms with Crippen LogP contribution in [0.1, 0.15) is 57.8 Å². The van der Waals surface area contributed by atoms with Crippen LogP contribution in [-0.2, 0) is 4.79 Å². The molecule has 0 radical (unpaired) electrons. The monoisotopic (exact) mass is 240 g/mol. The second kappa shape index (κ2) is 9.46. The summed E-state index contributed by atoms with van der Waals surface area (Å²) in [7, 11) is 1.92. The molecule has 1 saturated carbocycles. The van der Waals surface area contributed by atoms with Gasteiger partial charge in [0.2, 0.25) is 5.91 Å². The maximum absolute atomic E-state index is 11.4. The lowest BCUT2D eigenvalue weighted by molar-refractivity contribution is -0.121. The van der Waals surface area contributed by atoms with Crippen LogP contribution in [0.4, 0.5) is 0 Å². The van der Waals surface area contributed by atoms with E-state index < -0.39 is 0 Å². The lowest BCUT2D eigenvalue weighted by Gasteiger charge is -2.21. The molecule has 0 aromatic carbocycles. The largest absolute Gasteiger partial charge is 0.356 e. The molecule has 3 heteroatoms. The summed E-state index contributed by atoms with van der Waals surface area (Å²) in [5, 5.41) is 6.07. The number of hydrogen-bond donors (Lipinski definition) is 2. The number of carbonyl (C=O) groups excluding carboxylic acids is 1. The molecule has 0 unspecified atom stereocenters. The summed E-state index contributed by atoms with van der Waals surface area (Å²) in [4.78, 5) is 11.4. The quantitative estimate of drug-likeness (QED) is 0.640. The second-order valence-corrected chi connectivity index (χ2v) is 5.20. The third kappa shape index (κ3) is 7.37. The number of nitrogens with one attached hydrogen (secondary N) is 2. The zero-order chi connectivity index (χ0) is 12.3. The van der Waals surface area contributed by atoms with Crippen molar-refractivity contribution >= 4 is 5.91 Å². The Hall–Kier alpha value is -0.570. The summed E-state index contributed by atoms with van der Waals surface area (Å²) < 4.78 is 0. The molecule has 0 spiro atoms. The van der Waals surface area contributed by atoms with Crippen molar-refractivity contribution in [1.82, 2.24) is 10.6 Å². The lowest BCUT2D eigenvalue weighted by Crippen LogP contribution is -2.25. The van der Waals surface area contributed by atoms with Crippen molar-refractivity contribution in [3.63, 3.8) is 0 Å². The van der Waals surface area contributed by atoms with Gasteiger partial charge in [0, 0.05) is 13.0 Å². The van der Waals surface area contributed by atoms with Crippen LogP contribution in [0.5, 0.6) is 0 Å². The Morgan fingerprint density at radius 3 is 2.59 bits per heavy atom. The fraction of sp³-hybridized carbons (Fsp3) is 0.929. The summed E-state index contributed by atoms with van der Waals surface area (Å²) in [5.74, 6) is 1.15. The van der Waals surface area contributed by atoms with E-state index in [-0.39, 0.29) is 5.91 Å². The third-order valence-corrected chi connectivity index (χ3v) is 3.67. The van der Waals surface area contributed by atoms with Crippen LogP contribution >= 0.6 is 0 Å². The minimum Gasteiger partial charge on any atom is -0.356 e. The Labute approximate surface area is 106 Å². The van der Waals surface area contributed by atoms with Gasteiger partial charge in [-0.25, -0.2) is 0 Å². The first-order chi connectivity index (χ1) is 8.33. The summed E-state index contributed by atoms with van der Waals surface area (Å²) in [5.41, 5.74) is 0. The van der Waals surface area contributed by atoms with Gasteiger partial charge in [-0.1, -0.05) is 32.1 Å². The molecule has 1 fully saturated rings. The average Bonchev–Trinajstić information content (AvgIpc) is 2.36. The predicted octanol–water partition coefficient (Wildman–Crippen LogP) is 2.46. The zero-order valence-corrected chi connectivity index (χ0v) is 11.3. The molecule has 0 heterocycles. The van der Waals surface area contributed by atoms with Gasteiger partial charge in [0.1, 0.15) is 0 Å². The molecule has 0 aromatic rings. The Bertz CT molecular complexity index is 200. The van der Waals surface area contributed by atoms with Crippen molar-refractivity contribution in [3.8, 4) is 0 Å². The average molecular weight is 240 g/mol. The minimum absolute atomic E-state index is 0.212. The Kier molecular flexibility index (Phi) is 8.06. The molecule has 0 atom stereocenters. The van der Waals surface area contributed by atoms with E-state index in [1.54, 1.807) is 0 Å². The highest BCUT2D eigenvalue weighted by Crippen LogP contribution is 2.26. The van der Waals surface area contributed by atoms with Crippen LogP contribution in [0.3, 0.4) is 0 Å². The molecule has 17 heavy (non-hydrogen) atoms. The van der Waals surface area contributed by atoms with Crippen molar-refractivity contribution < 1.29 is 4.79 Å². The lowest BCUT2D eigenvalue weighted by atomic mass is 9.86. The van der Waals surface area contributed by atoms with Gasteiger partial charge in [0.05, 0.1) is 0 Å². The molecule has 0 aliphatic heterocycles. The van der Waals surface area contributed by atoms with Crippen LogP contribution < -0.4 is 10.6 Å². The Morgan fingerprint density at radius 2 is 1.88 bits per heavy atom. The maximum Gasteiger partial charge on any atom is 0.220 e. The molecule has 100 valence electrons. The van der Waals surface area contributed by atoms with Crippen molar-refractivity contribution in [3.05, 3.63) is 0 Å². The summed E-state index contributed by atoms with van der Waals surface area (Å²) >= 11 is 0. The van der Waals surface area contributed by atoms with Crippen LogP contribution in [0.25, 0.3) is 0 Å². The highest BCUT2D eigenvalue weighted by Gasteiger charge is 2.12. The van der Waals surface area contributed by atoms with Crippen LogP contribution in [0, 0.1) is 5.92 Å². The maximum atomic E-state index is 11.4. The van der Waals surface area contributed by atoms with Gasteiger partial charge in [-0.2, -0.15) is 0 Å². The zero-order valence-electron chi connectivity index (χ0n) is 11.3. The van der Waals surface area contributed by atoms with E-state index in [4.69, 9.17) is 0 Å². The normalized spacial score (nSPS) is 17.0. The van der Waals surface area contributed by atoms with E-state index in [0.29, 0.717) is 6.42 Å². The second-order valence-electron chi connectivity index (χ2n) is 5.20. The van der Waals surface area contributed by atoms with Crippen molar-refractivity contribution in [2.45, 2.75) is 57.8 Å². The van der Waals surface area contributed by atoms with Gasteiger partial charge in [0.15, 0.2) is 0 Å². The third-order valence-electron chi connectivity index (χ3n) is 3.67. The summed E-state index contributed by atoms with van der Waals surface area (Å²) in [6, 6.07) is 0. The fourth-order valence-electron chi connectivity index (χ4n) is 2.61. The molecule has 0 aromatic heterocycles. The van der Waals surface area contributed by atoms with Gasteiger partial charge in [-0.15, -0.1) is 0 Å². The number of amides is 1. The fourth-order valence-corrected chi connectivity index (χ4v) is 2.61. The molecule has 1 aliphatic rings. The standard InChI is InChI=1S/C14H28N2O/c1-15-11-6-10-14(17)16-12-5-9-13-7-3-2-4-8-13/h13,15H,2-12H2,1H3,(H,16,17). The van der Waals surface area contributed by atoms with Crippen molar-refractivity contribution in [1.29, 1.82) is 0 Å². The van der Waals surface area contributed by atoms with Gasteiger partial charge in [-0.05, 0) is 38.8 Å². The molecule has 1 aliphatic carbocycles. The van der Waals surface area contributed by atoms with E-state index in [1.807, 2.05) is 7.05 Å². The molecule has 0 saturated heterocycles. The molecule has 2 N–H and O–H groups in total. The highest BCUT2D eigenvalue weighted by atomic mass is 16.1. The van der Waals surface area contributed by atoms with Crippen molar-refractivity contribution in [2.24, 2.45) is 5.92 Å². The first-order valence-electron chi connectivity index (χ1n) is 7.24. The van der Waals surface area contributed by atoms with E-state index in [1.165, 1.54) is 38.5 Å². The van der Waals surface area contributed by atoms with Crippen molar-refractivity contribution in [2.75, 3.05) is 20.1 Å². The number of rotatable bonds is 8. The topological polar surface area (TPSA) is 41.1 Å². The molecule has 1 rings (SSSR count). The number of carbonyl (C=O) groups is 1. The van der Waals surface area contributed by atoms with E-state index >= 15 is 0 Å². The summed E-state index contributed by atoms with van der Waals surface area (Å²) in [6.45, 7) is 1.80. The smallest absolute Gasteiger partial charge is 0.220 e. The Balaban J connectivity index is 1.90. The van der Waals surface area contributed by atoms with E-state index in [0.717, 1.165) is 31.8 Å². The molecule has 0 bridgehead atoms. The number of hydrogen-bond acceptors (Lipinski definition) is 2. The van der Waals surface area contributed by atoms with E-state index in [9.17, 15) is 4.79 Å². The first kappa shape index (κ1) is 14.5. The Morgan fingerprint density at radius 1 is 1.12 bits per heavy atom. The SMILES string of the molecule is CNCCCC(=O)NCCCC1CCCCC1. The van der Waals surface area contributed by atoms with Gasteiger partial charge >= 0.3 is 0 Å². The van der Waals surface area contributed by atoms with Gasteiger partial charge in [-0.3, -0.25) is 4.79 Å². The van der Waals surface area contributed by atoms with Crippen LogP contribution in [-0.4, -0.2) is 26.0 Å². The van der Waals surface area contributed by atoms with E-state index in [2.05, 4.69) is 10.6 Å². The summed E-state index contributed by atoms with van der Waals surface area (Å²) in [6.07, 6.45) is 11.1. The minimum atomic E-state index is 0.212. The molecular weight excluding hydrogens is 212 g/mol.